The summed E-state index contributed by atoms with van der Waals surface area (Å²) < 4.78 is 0. The zero-order valence-electron chi connectivity index (χ0n) is 12.9. The molecule has 2 atom stereocenters. The fourth-order valence-electron chi connectivity index (χ4n) is 1.58. The van der Waals surface area contributed by atoms with Crippen molar-refractivity contribution in [3.63, 3.8) is 0 Å². The Kier molecular flexibility index (Phi) is 5.75. The van der Waals surface area contributed by atoms with Crippen LogP contribution in [0.15, 0.2) is 12.5 Å². The minimum atomic E-state index is -1.08. The number of rotatable bonds is 6. The molecule has 0 spiro atoms. The molecule has 0 radical (unpaired) electrons. The van der Waals surface area contributed by atoms with Crippen LogP contribution in [0.4, 0.5) is 4.79 Å². The predicted molar refractivity (Wildman–Crippen MR) is 78.9 cm³/mol. The SMILES string of the molecule is CC(CNC(=O)N[C@@H](Cc1cnc[nH]1)C(=O)O)C(C)(C)C. The summed E-state index contributed by atoms with van der Waals surface area (Å²) in [5, 5.41) is 14.3. The van der Waals surface area contributed by atoms with Crippen LogP contribution in [0, 0.1) is 11.3 Å². The van der Waals surface area contributed by atoms with Gasteiger partial charge in [-0.2, -0.15) is 0 Å². The topological polar surface area (TPSA) is 107 Å². The zero-order chi connectivity index (χ0) is 16.0. The fourth-order valence-corrected chi connectivity index (χ4v) is 1.58. The van der Waals surface area contributed by atoms with Crippen LogP contribution in [0.2, 0.25) is 0 Å². The Morgan fingerprint density at radius 3 is 2.57 bits per heavy atom. The predicted octanol–water partition coefficient (Wildman–Crippen LogP) is 1.39. The standard InChI is InChI=1S/C14H24N4O3/c1-9(14(2,3)4)6-16-13(21)18-11(12(19)20)5-10-7-15-8-17-10/h7-9,11H,5-6H2,1-4H3,(H,15,17)(H,19,20)(H2,16,18,21)/t9?,11-/m0/s1. The fraction of sp³-hybridized carbons (Fsp3) is 0.643. The molecule has 0 aliphatic heterocycles. The largest absolute Gasteiger partial charge is 0.480 e. The second-order valence-electron chi connectivity index (χ2n) is 6.29. The van der Waals surface area contributed by atoms with Crippen molar-refractivity contribution in [2.45, 2.75) is 40.2 Å². The van der Waals surface area contributed by atoms with Crippen molar-refractivity contribution < 1.29 is 14.7 Å². The van der Waals surface area contributed by atoms with Gasteiger partial charge in [-0.3, -0.25) is 0 Å². The van der Waals surface area contributed by atoms with E-state index < -0.39 is 18.0 Å². The quantitative estimate of drug-likeness (QED) is 0.636. The van der Waals surface area contributed by atoms with E-state index in [-0.39, 0.29) is 17.8 Å². The summed E-state index contributed by atoms with van der Waals surface area (Å²) in [6.45, 7) is 8.81. The number of nitrogens with zero attached hydrogens (tertiary/aromatic N) is 1. The van der Waals surface area contributed by atoms with Gasteiger partial charge in [-0.15, -0.1) is 0 Å². The lowest BCUT2D eigenvalue weighted by molar-refractivity contribution is -0.139. The highest BCUT2D eigenvalue weighted by Crippen LogP contribution is 2.24. The Balaban J connectivity index is 2.48. The van der Waals surface area contributed by atoms with E-state index in [1.165, 1.54) is 12.5 Å². The number of aromatic amines is 1. The molecule has 1 aromatic rings. The van der Waals surface area contributed by atoms with Crippen LogP contribution in [0.5, 0.6) is 0 Å². The number of hydrogen-bond acceptors (Lipinski definition) is 3. The van der Waals surface area contributed by atoms with Crippen molar-refractivity contribution in [2.24, 2.45) is 11.3 Å². The van der Waals surface area contributed by atoms with Gasteiger partial charge in [0.25, 0.3) is 0 Å². The molecule has 0 aromatic carbocycles. The highest BCUT2D eigenvalue weighted by molar-refractivity contribution is 5.82. The summed E-state index contributed by atoms with van der Waals surface area (Å²) in [5.41, 5.74) is 0.737. The first-order valence-electron chi connectivity index (χ1n) is 6.94. The smallest absolute Gasteiger partial charge is 0.326 e. The Morgan fingerprint density at radius 1 is 1.43 bits per heavy atom. The highest BCUT2D eigenvalue weighted by Gasteiger charge is 2.23. The van der Waals surface area contributed by atoms with Gasteiger partial charge in [-0.05, 0) is 11.3 Å². The average molecular weight is 296 g/mol. The Hall–Kier alpha value is -2.05. The number of aromatic nitrogens is 2. The monoisotopic (exact) mass is 296 g/mol. The number of carboxylic acids is 1. The molecule has 0 bridgehead atoms. The van der Waals surface area contributed by atoms with Crippen LogP contribution in [-0.2, 0) is 11.2 Å². The molecule has 0 saturated carbocycles. The van der Waals surface area contributed by atoms with Gasteiger partial charge in [0.05, 0.1) is 6.33 Å². The average Bonchev–Trinajstić information content (AvgIpc) is 2.86. The maximum absolute atomic E-state index is 11.8. The third-order valence-electron chi connectivity index (χ3n) is 3.63. The first-order chi connectivity index (χ1) is 9.70. The summed E-state index contributed by atoms with van der Waals surface area (Å²) in [7, 11) is 0. The van der Waals surface area contributed by atoms with Crippen LogP contribution in [0.1, 0.15) is 33.4 Å². The van der Waals surface area contributed by atoms with Gasteiger partial charge in [0.1, 0.15) is 6.04 Å². The van der Waals surface area contributed by atoms with Gasteiger partial charge >= 0.3 is 12.0 Å². The number of imidazole rings is 1. The highest BCUT2D eigenvalue weighted by atomic mass is 16.4. The number of urea groups is 1. The minimum absolute atomic E-state index is 0.0788. The molecule has 4 N–H and O–H groups in total. The molecular weight excluding hydrogens is 272 g/mol. The van der Waals surface area contributed by atoms with Crippen molar-refractivity contribution in [1.82, 2.24) is 20.6 Å². The molecule has 1 rings (SSSR count). The first-order valence-corrected chi connectivity index (χ1v) is 6.94. The lowest BCUT2D eigenvalue weighted by Crippen LogP contribution is -2.48. The maximum Gasteiger partial charge on any atom is 0.326 e. The van der Waals surface area contributed by atoms with Gasteiger partial charge < -0.3 is 20.7 Å². The molecule has 21 heavy (non-hydrogen) atoms. The summed E-state index contributed by atoms with van der Waals surface area (Å²) in [6, 6.07) is -1.46. The lowest BCUT2D eigenvalue weighted by Gasteiger charge is -2.27. The number of carboxylic acid groups (broad SMARTS) is 1. The van der Waals surface area contributed by atoms with Crippen molar-refractivity contribution in [1.29, 1.82) is 0 Å². The van der Waals surface area contributed by atoms with Crippen molar-refractivity contribution in [3.8, 4) is 0 Å². The second kappa shape index (κ2) is 7.10. The van der Waals surface area contributed by atoms with Gasteiger partial charge in [-0.1, -0.05) is 27.7 Å². The lowest BCUT2D eigenvalue weighted by atomic mass is 9.82. The molecule has 0 aliphatic carbocycles. The number of amides is 2. The van der Waals surface area contributed by atoms with E-state index in [2.05, 4.69) is 41.4 Å². The van der Waals surface area contributed by atoms with Crippen molar-refractivity contribution in [2.75, 3.05) is 6.54 Å². The third-order valence-corrected chi connectivity index (χ3v) is 3.63. The number of aliphatic carboxylic acids is 1. The van der Waals surface area contributed by atoms with E-state index in [1.54, 1.807) is 0 Å². The van der Waals surface area contributed by atoms with E-state index in [9.17, 15) is 9.59 Å². The minimum Gasteiger partial charge on any atom is -0.480 e. The number of carbonyl (C=O) groups excluding carboxylic acids is 1. The second-order valence-corrected chi connectivity index (χ2v) is 6.29. The van der Waals surface area contributed by atoms with E-state index in [4.69, 9.17) is 5.11 Å². The molecular formula is C14H24N4O3. The summed E-state index contributed by atoms with van der Waals surface area (Å²) in [4.78, 5) is 29.6. The van der Waals surface area contributed by atoms with E-state index in [0.29, 0.717) is 12.2 Å². The van der Waals surface area contributed by atoms with E-state index in [1.807, 2.05) is 6.92 Å². The normalized spacial score (nSPS) is 14.3. The molecule has 2 amide bonds. The Labute approximate surface area is 124 Å². The number of nitrogens with one attached hydrogen (secondary N) is 3. The molecule has 0 fully saturated rings. The van der Waals surface area contributed by atoms with Gasteiger partial charge in [0, 0.05) is 24.9 Å². The molecule has 1 unspecified atom stereocenters. The zero-order valence-corrected chi connectivity index (χ0v) is 12.9. The molecule has 1 heterocycles. The molecule has 7 nitrogen and oxygen atoms in total. The van der Waals surface area contributed by atoms with Gasteiger partial charge in [0.2, 0.25) is 0 Å². The van der Waals surface area contributed by atoms with Gasteiger partial charge in [-0.25, -0.2) is 14.6 Å². The molecule has 7 heteroatoms. The molecule has 118 valence electrons. The van der Waals surface area contributed by atoms with Gasteiger partial charge in [0.15, 0.2) is 0 Å². The van der Waals surface area contributed by atoms with E-state index in [0.717, 1.165) is 0 Å². The Morgan fingerprint density at radius 2 is 2.10 bits per heavy atom. The number of H-pyrrole nitrogens is 1. The van der Waals surface area contributed by atoms with Crippen LogP contribution >= 0.6 is 0 Å². The van der Waals surface area contributed by atoms with Crippen molar-refractivity contribution in [3.05, 3.63) is 18.2 Å². The number of hydrogen-bond donors (Lipinski definition) is 4. The molecule has 1 aromatic heterocycles. The van der Waals surface area contributed by atoms with Crippen LogP contribution in [-0.4, -0.2) is 39.7 Å². The Bertz CT molecular complexity index is 465. The summed E-state index contributed by atoms with van der Waals surface area (Å²) in [5.74, 6) is -0.803. The molecule has 0 aliphatic rings. The van der Waals surface area contributed by atoms with Crippen LogP contribution < -0.4 is 10.6 Å². The summed E-state index contributed by atoms with van der Waals surface area (Å²) >= 11 is 0. The van der Waals surface area contributed by atoms with Crippen molar-refractivity contribution >= 4 is 12.0 Å². The molecule has 0 saturated heterocycles. The maximum atomic E-state index is 11.8. The summed E-state index contributed by atoms with van der Waals surface area (Å²) in [6.07, 6.45) is 3.17. The third kappa shape index (κ3) is 5.85. The van der Waals surface area contributed by atoms with Crippen LogP contribution in [0.3, 0.4) is 0 Å². The van der Waals surface area contributed by atoms with E-state index >= 15 is 0 Å². The first kappa shape index (κ1) is 17.0. The number of carbonyl (C=O) groups is 2. The van der Waals surface area contributed by atoms with Crippen LogP contribution in [0.25, 0.3) is 0 Å².